The molecule has 2 atom stereocenters. The second-order valence-electron chi connectivity index (χ2n) is 4.77. The molecule has 0 aliphatic carbocycles. The molecule has 2 amide bonds. The Balaban J connectivity index is 1.96. The molecule has 0 spiro atoms. The van der Waals surface area contributed by atoms with Crippen LogP contribution >= 0.6 is 11.8 Å². The topological polar surface area (TPSA) is 78.4 Å². The summed E-state index contributed by atoms with van der Waals surface area (Å²) in [6.45, 7) is 0. The van der Waals surface area contributed by atoms with E-state index in [1.165, 1.54) is 0 Å². The number of rotatable bonds is 5. The van der Waals surface area contributed by atoms with E-state index in [1.807, 2.05) is 6.26 Å². The molecule has 0 bridgehead atoms. The highest BCUT2D eigenvalue weighted by Gasteiger charge is 2.32. The summed E-state index contributed by atoms with van der Waals surface area (Å²) in [6, 6.07) is 5.66. The number of aromatic hydroxyl groups is 1. The van der Waals surface area contributed by atoms with Crippen molar-refractivity contribution >= 4 is 23.6 Å². The van der Waals surface area contributed by atoms with Crippen molar-refractivity contribution in [3.8, 4) is 5.75 Å². The fourth-order valence-corrected chi connectivity index (χ4v) is 2.60. The molecule has 1 heterocycles. The monoisotopic (exact) mass is 294 g/mol. The van der Waals surface area contributed by atoms with Crippen molar-refractivity contribution in [1.82, 2.24) is 10.6 Å². The van der Waals surface area contributed by atoms with E-state index < -0.39 is 12.1 Å². The van der Waals surface area contributed by atoms with E-state index in [0.717, 1.165) is 11.3 Å². The molecule has 2 rings (SSSR count). The Labute approximate surface area is 122 Å². The molecule has 1 aliphatic rings. The van der Waals surface area contributed by atoms with Gasteiger partial charge >= 0.3 is 0 Å². The molecule has 20 heavy (non-hydrogen) atoms. The number of phenols is 1. The summed E-state index contributed by atoms with van der Waals surface area (Å²) in [4.78, 5) is 23.9. The summed E-state index contributed by atoms with van der Waals surface area (Å²) in [7, 11) is 0. The fraction of sp³-hybridized carbons (Fsp3) is 0.429. The summed E-state index contributed by atoms with van der Waals surface area (Å²) in [6.07, 6.45) is 3.04. The Hall–Kier alpha value is -1.69. The van der Waals surface area contributed by atoms with Crippen molar-refractivity contribution in [3.05, 3.63) is 29.8 Å². The number of piperazine rings is 1. The van der Waals surface area contributed by atoms with Crippen molar-refractivity contribution in [2.24, 2.45) is 0 Å². The zero-order valence-electron chi connectivity index (χ0n) is 11.3. The van der Waals surface area contributed by atoms with Gasteiger partial charge in [0.05, 0.1) is 0 Å². The lowest BCUT2D eigenvalue weighted by Crippen LogP contribution is -2.62. The van der Waals surface area contributed by atoms with Crippen LogP contribution in [0.5, 0.6) is 5.75 Å². The summed E-state index contributed by atoms with van der Waals surface area (Å²) < 4.78 is 0. The quantitative estimate of drug-likeness (QED) is 0.746. The third-order valence-electron chi connectivity index (χ3n) is 3.25. The predicted molar refractivity (Wildman–Crippen MR) is 78.7 cm³/mol. The van der Waals surface area contributed by atoms with Crippen LogP contribution in [0.1, 0.15) is 12.0 Å². The Bertz CT molecular complexity index is 490. The van der Waals surface area contributed by atoms with Crippen LogP contribution in [0, 0.1) is 0 Å². The molecule has 1 aliphatic heterocycles. The minimum Gasteiger partial charge on any atom is -0.508 e. The van der Waals surface area contributed by atoms with Crippen molar-refractivity contribution in [1.29, 1.82) is 0 Å². The lowest BCUT2D eigenvalue weighted by Gasteiger charge is -2.29. The van der Waals surface area contributed by atoms with Gasteiger partial charge in [-0.05, 0) is 36.1 Å². The number of thioether (sulfide) groups is 1. The van der Waals surface area contributed by atoms with Gasteiger partial charge in [0.2, 0.25) is 11.8 Å². The number of phenolic OH excluding ortho intramolecular Hbond substituents is 1. The third kappa shape index (κ3) is 3.66. The smallest absolute Gasteiger partial charge is 0.243 e. The first-order valence-electron chi connectivity index (χ1n) is 6.47. The van der Waals surface area contributed by atoms with Crippen molar-refractivity contribution in [3.63, 3.8) is 0 Å². The second kappa shape index (κ2) is 6.65. The zero-order chi connectivity index (χ0) is 14.5. The van der Waals surface area contributed by atoms with E-state index in [4.69, 9.17) is 0 Å². The number of hydrogen-bond acceptors (Lipinski definition) is 4. The Kier molecular flexibility index (Phi) is 4.89. The van der Waals surface area contributed by atoms with E-state index in [0.29, 0.717) is 12.8 Å². The van der Waals surface area contributed by atoms with Gasteiger partial charge < -0.3 is 15.7 Å². The maximum atomic E-state index is 12.0. The first-order chi connectivity index (χ1) is 9.60. The molecule has 6 heteroatoms. The van der Waals surface area contributed by atoms with Crippen LogP contribution in [0.15, 0.2) is 24.3 Å². The highest BCUT2D eigenvalue weighted by Crippen LogP contribution is 2.13. The van der Waals surface area contributed by atoms with Gasteiger partial charge in [0.25, 0.3) is 0 Å². The summed E-state index contributed by atoms with van der Waals surface area (Å²) in [5.41, 5.74) is 0.894. The molecular weight excluding hydrogens is 276 g/mol. The van der Waals surface area contributed by atoms with Gasteiger partial charge in [0.15, 0.2) is 0 Å². The van der Waals surface area contributed by atoms with Gasteiger partial charge in [-0.15, -0.1) is 0 Å². The summed E-state index contributed by atoms with van der Waals surface area (Å²) in [5.74, 6) is 0.746. The van der Waals surface area contributed by atoms with Gasteiger partial charge in [-0.25, -0.2) is 0 Å². The maximum absolute atomic E-state index is 12.0. The maximum Gasteiger partial charge on any atom is 0.243 e. The first kappa shape index (κ1) is 14.7. The van der Waals surface area contributed by atoms with E-state index in [2.05, 4.69) is 10.6 Å². The van der Waals surface area contributed by atoms with Gasteiger partial charge in [-0.3, -0.25) is 9.59 Å². The number of amides is 2. The second-order valence-corrected chi connectivity index (χ2v) is 5.76. The number of hydrogen-bond donors (Lipinski definition) is 3. The third-order valence-corrected chi connectivity index (χ3v) is 3.90. The predicted octanol–water partition coefficient (Wildman–Crippen LogP) is 0.671. The van der Waals surface area contributed by atoms with E-state index in [-0.39, 0.29) is 17.6 Å². The number of carbonyl (C=O) groups is 2. The number of benzene rings is 1. The largest absolute Gasteiger partial charge is 0.508 e. The molecule has 108 valence electrons. The SMILES string of the molecule is CSCC[C@@H]1NC(=O)[C@H](Cc2ccc(O)cc2)NC1=O. The first-order valence-corrected chi connectivity index (χ1v) is 7.87. The highest BCUT2D eigenvalue weighted by molar-refractivity contribution is 7.98. The lowest BCUT2D eigenvalue weighted by atomic mass is 10.0. The minimum atomic E-state index is -0.544. The van der Waals surface area contributed by atoms with Crippen molar-refractivity contribution in [2.45, 2.75) is 24.9 Å². The Morgan fingerprint density at radius 3 is 2.35 bits per heavy atom. The normalized spacial score (nSPS) is 22.2. The molecule has 3 N–H and O–H groups in total. The molecule has 0 radical (unpaired) electrons. The van der Waals surface area contributed by atoms with Crippen LogP contribution in [0.2, 0.25) is 0 Å². The Morgan fingerprint density at radius 2 is 1.70 bits per heavy atom. The minimum absolute atomic E-state index is 0.123. The van der Waals surface area contributed by atoms with Crippen LogP contribution < -0.4 is 10.6 Å². The summed E-state index contributed by atoms with van der Waals surface area (Å²) >= 11 is 1.65. The lowest BCUT2D eigenvalue weighted by molar-refractivity contribution is -0.136. The van der Waals surface area contributed by atoms with Gasteiger partial charge in [-0.1, -0.05) is 12.1 Å². The van der Waals surface area contributed by atoms with Crippen LogP contribution in [0.3, 0.4) is 0 Å². The number of nitrogens with one attached hydrogen (secondary N) is 2. The molecule has 0 saturated carbocycles. The van der Waals surface area contributed by atoms with Crippen LogP contribution in [0.25, 0.3) is 0 Å². The zero-order valence-corrected chi connectivity index (χ0v) is 12.1. The molecule has 0 aromatic heterocycles. The molecular formula is C14H18N2O3S. The Morgan fingerprint density at radius 1 is 1.10 bits per heavy atom. The van der Waals surface area contributed by atoms with Crippen LogP contribution in [-0.4, -0.2) is 41.0 Å². The number of carbonyl (C=O) groups excluding carboxylic acids is 2. The van der Waals surface area contributed by atoms with E-state index in [9.17, 15) is 14.7 Å². The van der Waals surface area contributed by atoms with E-state index in [1.54, 1.807) is 36.0 Å². The van der Waals surface area contributed by atoms with Gasteiger partial charge in [0.1, 0.15) is 17.8 Å². The molecule has 0 unspecified atom stereocenters. The van der Waals surface area contributed by atoms with Gasteiger partial charge in [-0.2, -0.15) is 11.8 Å². The molecule has 1 aromatic carbocycles. The van der Waals surface area contributed by atoms with Crippen LogP contribution in [0.4, 0.5) is 0 Å². The molecule has 1 aromatic rings. The van der Waals surface area contributed by atoms with Gasteiger partial charge in [0, 0.05) is 6.42 Å². The highest BCUT2D eigenvalue weighted by atomic mass is 32.2. The molecule has 1 saturated heterocycles. The average molecular weight is 294 g/mol. The van der Waals surface area contributed by atoms with Crippen molar-refractivity contribution < 1.29 is 14.7 Å². The average Bonchev–Trinajstić information content (AvgIpc) is 2.43. The molecule has 1 fully saturated rings. The summed E-state index contributed by atoms with van der Waals surface area (Å²) in [5, 5.41) is 14.8. The van der Waals surface area contributed by atoms with Crippen molar-refractivity contribution in [2.75, 3.05) is 12.0 Å². The van der Waals surface area contributed by atoms with Crippen LogP contribution in [-0.2, 0) is 16.0 Å². The standard InChI is InChI=1S/C14H18N2O3S/c1-20-7-6-11-13(18)16-12(14(19)15-11)8-9-2-4-10(17)5-3-9/h2-5,11-12,17H,6-8H2,1H3,(H,15,19)(H,16,18)/t11-,12-/m0/s1. The molecule has 5 nitrogen and oxygen atoms in total. The fourth-order valence-electron chi connectivity index (χ4n) is 2.13. The van der Waals surface area contributed by atoms with E-state index >= 15 is 0 Å².